The van der Waals surface area contributed by atoms with Gasteiger partial charge < -0.3 is 9.15 Å². The zero-order valence-corrected chi connectivity index (χ0v) is 21.0. The van der Waals surface area contributed by atoms with Crippen LogP contribution < -0.4 is 0 Å². The fourth-order valence-electron chi connectivity index (χ4n) is 5.55. The molecule has 1 aromatic heterocycles. The largest absolute Gasteiger partial charge is 0.464 e. The van der Waals surface area contributed by atoms with Gasteiger partial charge in [0.25, 0.3) is 5.91 Å². The predicted molar refractivity (Wildman–Crippen MR) is 137 cm³/mol. The molecular weight excluding hydrogens is 478 g/mol. The zero-order chi connectivity index (χ0) is 24.9. The van der Waals surface area contributed by atoms with E-state index in [9.17, 15) is 13.2 Å². The molecule has 1 spiro atoms. The van der Waals surface area contributed by atoms with Crippen LogP contribution in [0.4, 0.5) is 0 Å². The summed E-state index contributed by atoms with van der Waals surface area (Å²) < 4.78 is 36.5. The van der Waals surface area contributed by atoms with Crippen molar-refractivity contribution >= 4 is 32.7 Å². The van der Waals surface area contributed by atoms with E-state index >= 15 is 0 Å². The highest BCUT2D eigenvalue weighted by atomic mass is 32.2. The molecule has 2 fully saturated rings. The predicted octanol–water partition coefficient (Wildman–Crippen LogP) is 3.52. The van der Waals surface area contributed by atoms with E-state index in [0.29, 0.717) is 51.5 Å². The quantitative estimate of drug-likeness (QED) is 0.527. The Morgan fingerprint density at radius 1 is 1.03 bits per heavy atom. The maximum atomic E-state index is 13.7. The second kappa shape index (κ2) is 8.83. The van der Waals surface area contributed by atoms with Crippen molar-refractivity contribution in [2.45, 2.75) is 24.8 Å². The molecule has 188 valence electrons. The Morgan fingerprint density at radius 2 is 1.75 bits per heavy atom. The van der Waals surface area contributed by atoms with Gasteiger partial charge in [-0.25, -0.2) is 12.7 Å². The third-order valence-electron chi connectivity index (χ3n) is 7.63. The second-order valence-corrected chi connectivity index (χ2v) is 12.0. The molecule has 0 saturated carbocycles. The summed E-state index contributed by atoms with van der Waals surface area (Å²) in [6, 6.07) is 16.2. The summed E-state index contributed by atoms with van der Waals surface area (Å²) in [4.78, 5) is 20.6. The first-order chi connectivity index (χ1) is 17.3. The van der Waals surface area contributed by atoms with E-state index in [1.807, 2.05) is 30.3 Å². The van der Waals surface area contributed by atoms with Crippen LogP contribution in [-0.2, 0) is 19.6 Å². The Balaban J connectivity index is 1.30. The molecule has 2 aromatic carbocycles. The van der Waals surface area contributed by atoms with Crippen LogP contribution >= 0.6 is 0 Å². The number of benzene rings is 2. The number of amides is 1. The highest BCUT2D eigenvalue weighted by Crippen LogP contribution is 2.36. The number of hydrogen-bond acceptors (Lipinski definition) is 6. The molecule has 3 aromatic rings. The van der Waals surface area contributed by atoms with Crippen LogP contribution in [-0.4, -0.2) is 74.0 Å². The molecule has 0 bridgehead atoms. The molecule has 36 heavy (non-hydrogen) atoms. The standard InChI is InChI=1S/C27H29N3O5S/c1-36(32,33)29-12-8-19(17-29)18-30-25(28-27(26(30)31)10-14-34-15-11-27)21-4-2-20(3-5-21)22-6-7-24-23(16-22)9-13-35-24/h2-7,9,13,16,19H,8,10-12,14-15,17-18H2,1H3/t19-/m1/s1. The van der Waals surface area contributed by atoms with Gasteiger partial charge >= 0.3 is 0 Å². The molecule has 4 heterocycles. The highest BCUT2D eigenvalue weighted by molar-refractivity contribution is 7.88. The van der Waals surface area contributed by atoms with E-state index < -0.39 is 15.6 Å². The normalized spacial score (nSPS) is 22.6. The molecular formula is C27H29N3O5S. The van der Waals surface area contributed by atoms with Crippen molar-refractivity contribution in [3.63, 3.8) is 0 Å². The summed E-state index contributed by atoms with van der Waals surface area (Å²) >= 11 is 0. The number of ether oxygens (including phenoxy) is 1. The number of amidine groups is 1. The van der Waals surface area contributed by atoms with E-state index in [2.05, 4.69) is 18.2 Å². The van der Waals surface area contributed by atoms with Crippen molar-refractivity contribution in [3.8, 4) is 11.1 Å². The smallest absolute Gasteiger partial charge is 0.256 e. The first-order valence-corrected chi connectivity index (χ1v) is 14.2. The fraction of sp³-hybridized carbons (Fsp3) is 0.407. The summed E-state index contributed by atoms with van der Waals surface area (Å²) in [5.74, 6) is 0.759. The molecule has 2 saturated heterocycles. The molecule has 6 rings (SSSR count). The van der Waals surface area contributed by atoms with Gasteiger partial charge in [0.1, 0.15) is 17.0 Å². The maximum Gasteiger partial charge on any atom is 0.256 e. The van der Waals surface area contributed by atoms with E-state index in [0.717, 1.165) is 34.1 Å². The van der Waals surface area contributed by atoms with Gasteiger partial charge in [0.2, 0.25) is 10.0 Å². The Bertz CT molecular complexity index is 1440. The molecule has 9 heteroatoms. The Morgan fingerprint density at radius 3 is 2.47 bits per heavy atom. The lowest BCUT2D eigenvalue weighted by atomic mass is 9.90. The van der Waals surface area contributed by atoms with Crippen LogP contribution in [0.5, 0.6) is 0 Å². The van der Waals surface area contributed by atoms with Crippen molar-refractivity contribution in [1.29, 1.82) is 0 Å². The molecule has 0 radical (unpaired) electrons. The molecule has 0 N–H and O–H groups in total. The number of hydrogen-bond donors (Lipinski definition) is 0. The van der Waals surface area contributed by atoms with Gasteiger partial charge in [-0.1, -0.05) is 30.3 Å². The van der Waals surface area contributed by atoms with Crippen molar-refractivity contribution < 1.29 is 22.4 Å². The van der Waals surface area contributed by atoms with Crippen LogP contribution in [0.1, 0.15) is 24.8 Å². The van der Waals surface area contributed by atoms with Gasteiger partial charge in [-0.15, -0.1) is 0 Å². The van der Waals surface area contributed by atoms with E-state index in [1.54, 1.807) is 11.2 Å². The third-order valence-corrected chi connectivity index (χ3v) is 8.90. The topological polar surface area (TPSA) is 92.4 Å². The lowest BCUT2D eigenvalue weighted by Crippen LogP contribution is -2.47. The first kappa shape index (κ1) is 23.4. The van der Waals surface area contributed by atoms with Crippen molar-refractivity contribution in [3.05, 3.63) is 60.4 Å². The van der Waals surface area contributed by atoms with Crippen molar-refractivity contribution in [2.75, 3.05) is 39.1 Å². The monoisotopic (exact) mass is 507 g/mol. The van der Waals surface area contributed by atoms with E-state index in [-0.39, 0.29) is 11.8 Å². The molecule has 1 amide bonds. The summed E-state index contributed by atoms with van der Waals surface area (Å²) in [6.45, 7) is 2.41. The van der Waals surface area contributed by atoms with Crippen LogP contribution in [0.15, 0.2) is 64.2 Å². The second-order valence-electron chi connectivity index (χ2n) is 10.0. The minimum Gasteiger partial charge on any atom is -0.464 e. The van der Waals surface area contributed by atoms with Gasteiger partial charge in [-0.2, -0.15) is 0 Å². The molecule has 0 unspecified atom stereocenters. The van der Waals surface area contributed by atoms with Crippen LogP contribution in [0, 0.1) is 5.92 Å². The minimum absolute atomic E-state index is 0.00749. The Kier molecular flexibility index (Phi) is 5.74. The lowest BCUT2D eigenvalue weighted by Gasteiger charge is -2.30. The number of carbonyl (C=O) groups excluding carboxylic acids is 1. The van der Waals surface area contributed by atoms with Gasteiger partial charge in [-0.3, -0.25) is 14.7 Å². The average Bonchev–Trinajstić information content (AvgIpc) is 3.60. The van der Waals surface area contributed by atoms with Crippen LogP contribution in [0.2, 0.25) is 0 Å². The number of nitrogens with zero attached hydrogens (tertiary/aromatic N) is 3. The highest BCUT2D eigenvalue weighted by Gasteiger charge is 2.50. The van der Waals surface area contributed by atoms with Crippen LogP contribution in [0.3, 0.4) is 0 Å². The van der Waals surface area contributed by atoms with Crippen LogP contribution in [0.25, 0.3) is 22.1 Å². The summed E-state index contributed by atoms with van der Waals surface area (Å²) in [6.07, 6.45) is 4.79. The summed E-state index contributed by atoms with van der Waals surface area (Å²) in [5.41, 5.74) is 3.11. The molecule has 1 atom stereocenters. The minimum atomic E-state index is -3.24. The number of carbonyl (C=O) groups is 1. The fourth-order valence-corrected chi connectivity index (χ4v) is 6.47. The summed E-state index contributed by atoms with van der Waals surface area (Å²) in [5, 5.41) is 1.05. The zero-order valence-electron chi connectivity index (χ0n) is 20.2. The maximum absolute atomic E-state index is 13.7. The van der Waals surface area contributed by atoms with Gasteiger partial charge in [0, 0.05) is 56.6 Å². The Hall–Kier alpha value is -3.01. The average molecular weight is 508 g/mol. The number of fused-ring (bicyclic) bond motifs is 1. The molecule has 3 aliphatic rings. The number of rotatable bonds is 5. The first-order valence-electron chi connectivity index (χ1n) is 12.4. The summed E-state index contributed by atoms with van der Waals surface area (Å²) in [7, 11) is -3.24. The van der Waals surface area contributed by atoms with Gasteiger partial charge in [-0.05, 0) is 41.7 Å². The van der Waals surface area contributed by atoms with Gasteiger partial charge in [0.05, 0.1) is 12.5 Å². The molecule has 3 aliphatic heterocycles. The number of sulfonamides is 1. The van der Waals surface area contributed by atoms with Crippen molar-refractivity contribution in [2.24, 2.45) is 10.9 Å². The van der Waals surface area contributed by atoms with E-state index in [1.165, 1.54) is 10.6 Å². The third kappa shape index (κ3) is 4.15. The molecule has 0 aliphatic carbocycles. The Labute approximate surface area is 210 Å². The van der Waals surface area contributed by atoms with Gasteiger partial charge in [0.15, 0.2) is 0 Å². The SMILES string of the molecule is CS(=O)(=O)N1CC[C@@H](CN2C(=O)C3(CCOCC3)N=C2c2ccc(-c3ccc4occc4c3)cc2)C1. The number of aliphatic imine (C=N–C) groups is 1. The molecule has 8 nitrogen and oxygen atoms in total. The number of furan rings is 1. The van der Waals surface area contributed by atoms with Crippen molar-refractivity contribution in [1.82, 2.24) is 9.21 Å². The van der Waals surface area contributed by atoms with E-state index in [4.69, 9.17) is 14.1 Å². The lowest BCUT2D eigenvalue weighted by molar-refractivity contribution is -0.134.